The van der Waals surface area contributed by atoms with Gasteiger partial charge in [0.2, 0.25) is 0 Å². The fourth-order valence-corrected chi connectivity index (χ4v) is 3.01. The second kappa shape index (κ2) is 5.31. The van der Waals surface area contributed by atoms with Gasteiger partial charge >= 0.3 is 0 Å². The minimum Gasteiger partial charge on any atom is -0.371 e. The maximum atomic E-state index is 10.8. The Hall–Kier alpha value is -1.02. The van der Waals surface area contributed by atoms with Crippen molar-refractivity contribution in [3.05, 3.63) is 28.8 Å². The molecule has 0 saturated carbocycles. The second-order valence-corrected chi connectivity index (χ2v) is 5.61. The molecule has 0 aromatic heterocycles. The number of rotatable bonds is 4. The third-order valence-corrected chi connectivity index (χ3v) is 4.74. The van der Waals surface area contributed by atoms with Crippen LogP contribution in [0.2, 0.25) is 5.02 Å². The van der Waals surface area contributed by atoms with Crippen LogP contribution in [0.25, 0.3) is 0 Å². The number of halogens is 1. The molecule has 0 spiro atoms. The molecule has 1 fully saturated rings. The van der Waals surface area contributed by atoms with E-state index >= 15 is 0 Å². The van der Waals surface area contributed by atoms with Gasteiger partial charge in [-0.25, -0.2) is 0 Å². The average molecular weight is 266 g/mol. The van der Waals surface area contributed by atoms with Gasteiger partial charge in [0.25, 0.3) is 0 Å². The lowest BCUT2D eigenvalue weighted by Crippen LogP contribution is -2.26. The highest BCUT2D eigenvalue weighted by molar-refractivity contribution is 6.33. The maximum absolute atomic E-state index is 10.8. The summed E-state index contributed by atoms with van der Waals surface area (Å²) in [5.74, 6) is 0. The van der Waals surface area contributed by atoms with Crippen LogP contribution in [0, 0.1) is 5.41 Å². The largest absolute Gasteiger partial charge is 0.371 e. The minimum absolute atomic E-state index is 0.454. The van der Waals surface area contributed by atoms with Gasteiger partial charge in [0.05, 0.1) is 5.02 Å². The zero-order valence-electron chi connectivity index (χ0n) is 11.1. The lowest BCUT2D eigenvalue weighted by Gasteiger charge is -2.27. The number of hydrogen-bond acceptors (Lipinski definition) is 2. The number of nitrogens with zero attached hydrogens (tertiary/aromatic N) is 1. The number of hydrogen-bond donors (Lipinski definition) is 0. The Morgan fingerprint density at radius 2 is 2.11 bits per heavy atom. The molecular weight excluding hydrogens is 246 g/mol. The standard InChI is InChI=1S/C15H20ClNO/c1-3-15(4-2)7-8-17(11-15)13-6-5-12(10-18)14(16)9-13/h5-6,9-10H,3-4,7-8,11H2,1-2H3. The highest BCUT2D eigenvalue weighted by atomic mass is 35.5. The Balaban J connectivity index is 2.19. The van der Waals surface area contributed by atoms with Crippen LogP contribution in [0.1, 0.15) is 43.5 Å². The Kier molecular flexibility index (Phi) is 3.96. The molecule has 1 aromatic carbocycles. The first kappa shape index (κ1) is 13.4. The summed E-state index contributed by atoms with van der Waals surface area (Å²) in [7, 11) is 0. The summed E-state index contributed by atoms with van der Waals surface area (Å²) >= 11 is 6.09. The zero-order valence-corrected chi connectivity index (χ0v) is 11.8. The van der Waals surface area contributed by atoms with Gasteiger partial charge < -0.3 is 4.90 Å². The molecule has 1 aliphatic heterocycles. The number of carbonyl (C=O) groups excluding carboxylic acids is 1. The summed E-state index contributed by atoms with van der Waals surface area (Å²) in [4.78, 5) is 13.1. The average Bonchev–Trinajstić information content (AvgIpc) is 2.84. The Bertz CT molecular complexity index is 440. The molecule has 2 nitrogen and oxygen atoms in total. The van der Waals surface area contributed by atoms with E-state index in [0.29, 0.717) is 16.0 Å². The smallest absolute Gasteiger partial charge is 0.151 e. The van der Waals surface area contributed by atoms with Crippen molar-refractivity contribution in [1.29, 1.82) is 0 Å². The monoisotopic (exact) mass is 265 g/mol. The molecule has 1 aromatic rings. The SMILES string of the molecule is CCC1(CC)CCN(c2ccc(C=O)c(Cl)c2)C1. The Labute approximate surface area is 114 Å². The molecule has 0 bridgehead atoms. The lowest BCUT2D eigenvalue weighted by molar-refractivity contribution is 0.112. The van der Waals surface area contributed by atoms with Crippen molar-refractivity contribution in [2.45, 2.75) is 33.1 Å². The molecule has 98 valence electrons. The molecule has 0 amide bonds. The van der Waals surface area contributed by atoms with Crippen LogP contribution in [0.15, 0.2) is 18.2 Å². The highest BCUT2D eigenvalue weighted by Crippen LogP contribution is 2.39. The molecule has 1 heterocycles. The van der Waals surface area contributed by atoms with E-state index in [1.165, 1.54) is 19.3 Å². The Morgan fingerprint density at radius 3 is 2.61 bits per heavy atom. The van der Waals surface area contributed by atoms with E-state index in [9.17, 15) is 4.79 Å². The van der Waals surface area contributed by atoms with Crippen LogP contribution in [-0.2, 0) is 0 Å². The van der Waals surface area contributed by atoms with Gasteiger partial charge in [0.15, 0.2) is 6.29 Å². The molecule has 0 radical (unpaired) electrons. The topological polar surface area (TPSA) is 20.3 Å². The third-order valence-electron chi connectivity index (χ3n) is 4.41. The number of anilines is 1. The van der Waals surface area contributed by atoms with Crippen LogP contribution >= 0.6 is 11.6 Å². The van der Waals surface area contributed by atoms with Crippen molar-refractivity contribution in [3.8, 4) is 0 Å². The molecule has 0 atom stereocenters. The van der Waals surface area contributed by atoms with Gasteiger partial charge in [-0.05, 0) is 42.9 Å². The fourth-order valence-electron chi connectivity index (χ4n) is 2.79. The van der Waals surface area contributed by atoms with Gasteiger partial charge in [0, 0.05) is 24.3 Å². The number of benzene rings is 1. The molecule has 0 aliphatic carbocycles. The van der Waals surface area contributed by atoms with Crippen molar-refractivity contribution < 1.29 is 4.79 Å². The van der Waals surface area contributed by atoms with E-state index in [2.05, 4.69) is 18.7 Å². The van der Waals surface area contributed by atoms with E-state index < -0.39 is 0 Å². The summed E-state index contributed by atoms with van der Waals surface area (Å²) < 4.78 is 0. The first-order chi connectivity index (χ1) is 8.64. The van der Waals surface area contributed by atoms with Crippen molar-refractivity contribution in [1.82, 2.24) is 0 Å². The van der Waals surface area contributed by atoms with Crippen molar-refractivity contribution >= 4 is 23.6 Å². The van der Waals surface area contributed by atoms with E-state index in [-0.39, 0.29) is 0 Å². The summed E-state index contributed by atoms with van der Waals surface area (Å²) in [5, 5.41) is 0.549. The van der Waals surface area contributed by atoms with Crippen LogP contribution < -0.4 is 4.90 Å². The third kappa shape index (κ3) is 2.39. The predicted octanol–water partition coefficient (Wildman–Crippen LogP) is 4.17. The van der Waals surface area contributed by atoms with Crippen molar-refractivity contribution in [3.63, 3.8) is 0 Å². The maximum Gasteiger partial charge on any atom is 0.151 e. The first-order valence-corrected chi connectivity index (χ1v) is 7.01. The van der Waals surface area contributed by atoms with Crippen LogP contribution in [0.4, 0.5) is 5.69 Å². The molecule has 0 unspecified atom stereocenters. The predicted molar refractivity (Wildman–Crippen MR) is 76.7 cm³/mol. The minimum atomic E-state index is 0.454. The molecule has 1 saturated heterocycles. The molecule has 1 aliphatic rings. The molecule has 0 N–H and O–H groups in total. The summed E-state index contributed by atoms with van der Waals surface area (Å²) in [6.45, 7) is 6.72. The van der Waals surface area contributed by atoms with Gasteiger partial charge in [-0.1, -0.05) is 25.4 Å². The van der Waals surface area contributed by atoms with E-state index in [4.69, 9.17) is 11.6 Å². The van der Waals surface area contributed by atoms with Gasteiger partial charge in [0.1, 0.15) is 0 Å². The highest BCUT2D eigenvalue weighted by Gasteiger charge is 2.34. The van der Waals surface area contributed by atoms with E-state index in [1.807, 2.05) is 18.2 Å². The van der Waals surface area contributed by atoms with Gasteiger partial charge in [-0.3, -0.25) is 4.79 Å². The van der Waals surface area contributed by atoms with Gasteiger partial charge in [-0.15, -0.1) is 0 Å². The summed E-state index contributed by atoms with van der Waals surface area (Å²) in [5.41, 5.74) is 2.15. The zero-order chi connectivity index (χ0) is 13.2. The second-order valence-electron chi connectivity index (χ2n) is 5.20. The molecule has 2 rings (SSSR count). The summed E-state index contributed by atoms with van der Waals surface area (Å²) in [6.07, 6.45) is 4.49. The normalized spacial score (nSPS) is 18.1. The van der Waals surface area contributed by atoms with E-state index in [1.54, 1.807) is 0 Å². The lowest BCUT2D eigenvalue weighted by atomic mass is 9.82. The number of carbonyl (C=O) groups is 1. The molecule has 18 heavy (non-hydrogen) atoms. The Morgan fingerprint density at radius 1 is 1.39 bits per heavy atom. The fraction of sp³-hybridized carbons (Fsp3) is 0.533. The number of aldehydes is 1. The quantitative estimate of drug-likeness (QED) is 0.762. The van der Waals surface area contributed by atoms with Crippen molar-refractivity contribution in [2.24, 2.45) is 5.41 Å². The van der Waals surface area contributed by atoms with Crippen LogP contribution in [0.5, 0.6) is 0 Å². The first-order valence-electron chi connectivity index (χ1n) is 6.64. The summed E-state index contributed by atoms with van der Waals surface area (Å²) in [6, 6.07) is 5.71. The van der Waals surface area contributed by atoms with Crippen LogP contribution in [-0.4, -0.2) is 19.4 Å². The van der Waals surface area contributed by atoms with E-state index in [0.717, 1.165) is 25.1 Å². The van der Waals surface area contributed by atoms with Gasteiger partial charge in [-0.2, -0.15) is 0 Å². The van der Waals surface area contributed by atoms with Crippen molar-refractivity contribution in [2.75, 3.05) is 18.0 Å². The van der Waals surface area contributed by atoms with Crippen LogP contribution in [0.3, 0.4) is 0 Å². The molecule has 3 heteroatoms. The molecular formula is C15H20ClNO.